The van der Waals surface area contributed by atoms with Crippen molar-refractivity contribution in [2.24, 2.45) is 0 Å². The Morgan fingerprint density at radius 2 is 2.06 bits per heavy atom. The average Bonchev–Trinajstić information content (AvgIpc) is 2.75. The van der Waals surface area contributed by atoms with Gasteiger partial charge in [0.15, 0.2) is 0 Å². The van der Waals surface area contributed by atoms with E-state index in [9.17, 15) is 29.1 Å². The second-order valence-electron chi connectivity index (χ2n) is 7.56. The van der Waals surface area contributed by atoms with Crippen molar-refractivity contribution in [3.8, 4) is 0 Å². The third-order valence-corrected chi connectivity index (χ3v) is 6.57. The minimum atomic E-state index is -1.30. The van der Waals surface area contributed by atoms with Gasteiger partial charge in [0, 0.05) is 30.0 Å². The molecule has 1 aromatic heterocycles. The third kappa shape index (κ3) is 4.87. The van der Waals surface area contributed by atoms with Gasteiger partial charge in [-0.05, 0) is 18.9 Å². The van der Waals surface area contributed by atoms with Crippen LogP contribution in [-0.4, -0.2) is 62.1 Å². The van der Waals surface area contributed by atoms with E-state index >= 15 is 0 Å². The number of amides is 2. The first-order valence-electron chi connectivity index (χ1n) is 10.3. The Morgan fingerprint density at radius 3 is 2.72 bits per heavy atom. The summed E-state index contributed by atoms with van der Waals surface area (Å²) in [6.45, 7) is 2.79. The molecule has 3 heterocycles. The first kappa shape index (κ1) is 23.6. The number of rotatable bonds is 9. The summed E-state index contributed by atoms with van der Waals surface area (Å²) < 4.78 is 6.19. The number of aliphatic carboxylic acids is 1. The van der Waals surface area contributed by atoms with Crippen molar-refractivity contribution in [1.82, 2.24) is 14.8 Å². The predicted molar refractivity (Wildman–Crippen MR) is 116 cm³/mol. The van der Waals surface area contributed by atoms with Crippen molar-refractivity contribution in [2.75, 3.05) is 12.4 Å². The first-order valence-corrected chi connectivity index (χ1v) is 11.3. The van der Waals surface area contributed by atoms with E-state index in [1.54, 1.807) is 12.1 Å². The highest BCUT2D eigenvalue weighted by Crippen LogP contribution is 2.40. The van der Waals surface area contributed by atoms with Gasteiger partial charge in [0.25, 0.3) is 11.5 Å². The van der Waals surface area contributed by atoms with Crippen LogP contribution in [0.4, 0.5) is 0 Å². The molecule has 1 fully saturated rings. The van der Waals surface area contributed by atoms with Gasteiger partial charge in [-0.15, -0.1) is 11.8 Å². The molecule has 2 atom stereocenters. The standard InChI is InChI=1S/C21H25N3O7S/c1-3-4-6-13-7-5-8-23(18(13)27)9-15(26)22-16-19(28)24-17(21(29)30)14(10-31-12(2)25)11-32-20(16)24/h5,7-8,16,20H,3-4,6,9-11H2,1-2H3,(H,22,26)(H,29,30)/t16-,20-/m1/s1. The fourth-order valence-electron chi connectivity index (χ4n) is 3.63. The number of hydrogen-bond donors (Lipinski definition) is 2. The molecule has 1 aromatic rings. The molecule has 0 unspecified atom stereocenters. The summed E-state index contributed by atoms with van der Waals surface area (Å²) >= 11 is 1.28. The van der Waals surface area contributed by atoms with Gasteiger partial charge in [-0.2, -0.15) is 0 Å². The molecular weight excluding hydrogens is 438 g/mol. The van der Waals surface area contributed by atoms with Crippen LogP contribution in [0.3, 0.4) is 0 Å². The van der Waals surface area contributed by atoms with E-state index in [2.05, 4.69) is 5.32 Å². The first-order chi connectivity index (χ1) is 15.2. The molecule has 1 saturated heterocycles. The van der Waals surface area contributed by atoms with Crippen molar-refractivity contribution >= 4 is 35.5 Å². The number of unbranched alkanes of at least 4 members (excludes halogenated alkanes) is 1. The molecule has 0 aliphatic carbocycles. The lowest BCUT2D eigenvalue weighted by molar-refractivity contribution is -0.151. The maximum atomic E-state index is 12.6. The molecular formula is C21H25N3O7S. The number of carboxylic acids is 1. The molecule has 0 aromatic carbocycles. The van der Waals surface area contributed by atoms with Crippen LogP contribution >= 0.6 is 11.8 Å². The maximum absolute atomic E-state index is 12.6. The van der Waals surface area contributed by atoms with Crippen LogP contribution in [0.2, 0.25) is 0 Å². The second-order valence-corrected chi connectivity index (χ2v) is 8.67. The number of aryl methyl sites for hydroxylation is 1. The fourth-order valence-corrected chi connectivity index (χ4v) is 4.95. The van der Waals surface area contributed by atoms with Gasteiger partial charge < -0.3 is 19.7 Å². The Balaban J connectivity index is 1.68. The van der Waals surface area contributed by atoms with Crippen molar-refractivity contribution in [1.29, 1.82) is 0 Å². The molecule has 2 aliphatic rings. The van der Waals surface area contributed by atoms with E-state index in [1.807, 2.05) is 6.92 Å². The van der Waals surface area contributed by atoms with E-state index in [0.29, 0.717) is 17.6 Å². The molecule has 2 N–H and O–H groups in total. The van der Waals surface area contributed by atoms with Gasteiger partial charge in [0.05, 0.1) is 0 Å². The number of nitrogens with one attached hydrogen (secondary N) is 1. The van der Waals surface area contributed by atoms with Gasteiger partial charge in [0.2, 0.25) is 5.91 Å². The number of thioether (sulfide) groups is 1. The summed E-state index contributed by atoms with van der Waals surface area (Å²) in [4.78, 5) is 61.6. The lowest BCUT2D eigenvalue weighted by atomic mass is 10.0. The number of β-lactam (4-membered cyclic amide) rings is 1. The lowest BCUT2D eigenvalue weighted by Crippen LogP contribution is -2.70. The van der Waals surface area contributed by atoms with E-state index in [0.717, 1.165) is 17.7 Å². The highest BCUT2D eigenvalue weighted by atomic mass is 32.2. The quantitative estimate of drug-likeness (QED) is 0.399. The Bertz CT molecular complexity index is 1030. The number of nitrogens with zero attached hydrogens (tertiary/aromatic N) is 2. The number of aromatic nitrogens is 1. The Hall–Kier alpha value is -3.08. The summed E-state index contributed by atoms with van der Waals surface area (Å²) in [5.41, 5.74) is 0.496. The average molecular weight is 464 g/mol. The summed E-state index contributed by atoms with van der Waals surface area (Å²) in [5.74, 6) is -2.68. The fraction of sp³-hybridized carbons (Fsp3) is 0.476. The molecule has 32 heavy (non-hydrogen) atoms. The van der Waals surface area contributed by atoms with Crippen molar-refractivity contribution in [2.45, 2.75) is 51.1 Å². The number of ether oxygens (including phenoxy) is 1. The number of fused-ring (bicyclic) bond motifs is 1. The van der Waals surface area contributed by atoms with Crippen LogP contribution in [-0.2, 0) is 36.9 Å². The Labute approximate surface area is 188 Å². The zero-order valence-electron chi connectivity index (χ0n) is 17.8. The summed E-state index contributed by atoms with van der Waals surface area (Å²) in [7, 11) is 0. The highest BCUT2D eigenvalue weighted by Gasteiger charge is 2.54. The second kappa shape index (κ2) is 10.0. The van der Waals surface area contributed by atoms with Crippen LogP contribution in [0.15, 0.2) is 34.4 Å². The predicted octanol–water partition coefficient (Wildman–Crippen LogP) is 0.493. The summed E-state index contributed by atoms with van der Waals surface area (Å²) in [6.07, 6.45) is 3.97. The molecule has 172 valence electrons. The number of hydrogen-bond acceptors (Lipinski definition) is 7. The van der Waals surface area contributed by atoms with Gasteiger partial charge in [-0.1, -0.05) is 19.4 Å². The van der Waals surface area contributed by atoms with Crippen LogP contribution in [0.25, 0.3) is 0 Å². The molecule has 10 nitrogen and oxygen atoms in total. The SMILES string of the molecule is CCCCc1cccn(CC(=O)N[C@@H]2C(=O)N3C(C(=O)O)=C(COC(C)=O)CS[C@H]23)c1=O. The van der Waals surface area contributed by atoms with Gasteiger partial charge >= 0.3 is 11.9 Å². The van der Waals surface area contributed by atoms with Crippen molar-refractivity contribution in [3.05, 3.63) is 45.5 Å². The summed E-state index contributed by atoms with van der Waals surface area (Å²) in [5, 5.41) is 11.6. The Kier molecular flexibility index (Phi) is 7.39. The Morgan fingerprint density at radius 1 is 1.31 bits per heavy atom. The number of carbonyl (C=O) groups excluding carboxylic acids is 3. The molecule has 3 rings (SSSR count). The number of carbonyl (C=O) groups is 4. The van der Waals surface area contributed by atoms with Crippen LogP contribution in [0.5, 0.6) is 0 Å². The van der Waals surface area contributed by atoms with E-state index in [1.165, 1.54) is 29.4 Å². The lowest BCUT2D eigenvalue weighted by Gasteiger charge is -2.49. The smallest absolute Gasteiger partial charge is 0.352 e. The number of carboxylic acid groups (broad SMARTS) is 1. The van der Waals surface area contributed by atoms with E-state index in [4.69, 9.17) is 4.74 Å². The van der Waals surface area contributed by atoms with Gasteiger partial charge in [0.1, 0.15) is 30.3 Å². The molecule has 0 radical (unpaired) electrons. The van der Waals surface area contributed by atoms with Crippen molar-refractivity contribution in [3.63, 3.8) is 0 Å². The van der Waals surface area contributed by atoms with Gasteiger partial charge in [-0.3, -0.25) is 24.1 Å². The molecule has 11 heteroatoms. The molecule has 2 aliphatic heterocycles. The largest absolute Gasteiger partial charge is 0.477 e. The number of pyridine rings is 1. The number of esters is 1. The zero-order valence-corrected chi connectivity index (χ0v) is 18.6. The van der Waals surface area contributed by atoms with Crippen LogP contribution < -0.4 is 10.9 Å². The highest BCUT2D eigenvalue weighted by molar-refractivity contribution is 8.00. The monoisotopic (exact) mass is 463 g/mol. The molecule has 0 bridgehead atoms. The topological polar surface area (TPSA) is 135 Å². The van der Waals surface area contributed by atoms with E-state index in [-0.39, 0.29) is 30.2 Å². The van der Waals surface area contributed by atoms with Crippen molar-refractivity contribution < 1.29 is 29.0 Å². The minimum absolute atomic E-state index is 0.214. The van der Waals surface area contributed by atoms with Crippen LogP contribution in [0.1, 0.15) is 32.3 Å². The molecule has 0 spiro atoms. The summed E-state index contributed by atoms with van der Waals surface area (Å²) in [6, 6.07) is 2.56. The zero-order chi connectivity index (χ0) is 23.4. The normalized spacial score (nSPS) is 19.8. The molecule has 0 saturated carbocycles. The van der Waals surface area contributed by atoms with Gasteiger partial charge in [-0.25, -0.2) is 4.79 Å². The minimum Gasteiger partial charge on any atom is -0.477 e. The maximum Gasteiger partial charge on any atom is 0.352 e. The third-order valence-electron chi connectivity index (χ3n) is 5.23. The van der Waals surface area contributed by atoms with Crippen LogP contribution in [0, 0.1) is 0 Å². The molecule has 2 amide bonds. The van der Waals surface area contributed by atoms with E-state index < -0.39 is 35.2 Å².